The molecular weight excluding hydrogens is 316 g/mol. The fourth-order valence-corrected chi connectivity index (χ4v) is 3.02. The van der Waals surface area contributed by atoms with Crippen molar-refractivity contribution in [2.45, 2.75) is 89.9 Å². The summed E-state index contributed by atoms with van der Waals surface area (Å²) in [5.41, 5.74) is 1.14. The van der Waals surface area contributed by atoms with Gasteiger partial charge >= 0.3 is 5.97 Å². The van der Waals surface area contributed by atoms with Crippen LogP contribution in [0.2, 0.25) is 0 Å². The zero-order valence-corrected chi connectivity index (χ0v) is 15.7. The summed E-state index contributed by atoms with van der Waals surface area (Å²) in [4.78, 5) is 22.2. The van der Waals surface area contributed by atoms with Gasteiger partial charge in [0.2, 0.25) is 0 Å². The summed E-state index contributed by atoms with van der Waals surface area (Å²) in [5, 5.41) is 12.7. The van der Waals surface area contributed by atoms with Gasteiger partial charge in [-0.2, -0.15) is 5.10 Å². The Morgan fingerprint density at radius 1 is 0.880 bits per heavy atom. The Bertz CT molecular complexity index is 497. The maximum absolute atomic E-state index is 11.9. The van der Waals surface area contributed by atoms with E-state index in [2.05, 4.69) is 5.10 Å². The van der Waals surface area contributed by atoms with Crippen molar-refractivity contribution < 1.29 is 14.7 Å². The highest BCUT2D eigenvalue weighted by Crippen LogP contribution is 2.13. The Morgan fingerprint density at radius 2 is 1.40 bits per heavy atom. The number of rotatable bonds is 16. The highest BCUT2D eigenvalue weighted by molar-refractivity contribution is 5.78. The lowest BCUT2D eigenvalue weighted by molar-refractivity contribution is -0.137. The van der Waals surface area contributed by atoms with E-state index in [-0.39, 0.29) is 0 Å². The van der Waals surface area contributed by atoms with Gasteiger partial charge in [-0.05, 0) is 24.8 Å². The van der Waals surface area contributed by atoms with Gasteiger partial charge in [-0.1, -0.05) is 51.4 Å². The minimum Gasteiger partial charge on any atom is -0.481 e. The number of aromatic nitrogens is 2. The summed E-state index contributed by atoms with van der Waals surface area (Å²) in [6.45, 7) is 0. The van der Waals surface area contributed by atoms with Crippen LogP contribution in [0.25, 0.3) is 0 Å². The standard InChI is InChI=1S/C20H34N2O3/c1-22-17-18(16-21-22)14-15-19(23)12-10-8-6-4-2-3-5-7-9-11-13-20(24)25/h16-17H,2-15H2,1H3,(H,24,25). The third kappa shape index (κ3) is 12.4. The molecule has 1 aromatic heterocycles. The fraction of sp³-hybridized carbons (Fsp3) is 0.750. The van der Waals surface area contributed by atoms with Gasteiger partial charge in [0.15, 0.2) is 0 Å². The molecule has 0 saturated heterocycles. The number of nitrogens with zero attached hydrogens (tertiary/aromatic N) is 2. The van der Waals surface area contributed by atoms with Crippen molar-refractivity contribution in [2.75, 3.05) is 0 Å². The second kappa shape index (κ2) is 13.6. The molecule has 1 N–H and O–H groups in total. The molecule has 25 heavy (non-hydrogen) atoms. The van der Waals surface area contributed by atoms with Crippen LogP contribution in [0.15, 0.2) is 12.4 Å². The number of aliphatic carboxylic acids is 1. The number of Topliss-reactive ketones (excluding diaryl/α,β-unsaturated/α-hetero) is 1. The third-order valence-electron chi connectivity index (χ3n) is 4.55. The molecule has 0 aliphatic rings. The highest BCUT2D eigenvalue weighted by atomic mass is 16.4. The summed E-state index contributed by atoms with van der Waals surface area (Å²) in [6, 6.07) is 0. The number of unbranched alkanes of at least 4 members (excludes halogenated alkanes) is 9. The molecule has 0 amide bonds. The van der Waals surface area contributed by atoms with Crippen LogP contribution in [-0.2, 0) is 23.1 Å². The zero-order valence-electron chi connectivity index (χ0n) is 15.7. The maximum Gasteiger partial charge on any atom is 0.303 e. The smallest absolute Gasteiger partial charge is 0.303 e. The van der Waals surface area contributed by atoms with E-state index in [1.165, 1.54) is 32.1 Å². The van der Waals surface area contributed by atoms with Gasteiger partial charge in [0.05, 0.1) is 6.20 Å². The minimum absolute atomic E-state index is 0.307. The molecule has 0 atom stereocenters. The van der Waals surface area contributed by atoms with Gasteiger partial charge in [-0.25, -0.2) is 0 Å². The number of carbonyl (C=O) groups excluding carboxylic acids is 1. The number of carboxylic acid groups (broad SMARTS) is 1. The van der Waals surface area contributed by atoms with Gasteiger partial charge in [0.25, 0.3) is 0 Å². The normalized spacial score (nSPS) is 10.9. The third-order valence-corrected chi connectivity index (χ3v) is 4.55. The molecule has 0 aliphatic carbocycles. The average molecular weight is 351 g/mol. The molecule has 0 radical (unpaired) electrons. The first-order valence-corrected chi connectivity index (χ1v) is 9.79. The molecule has 0 saturated carbocycles. The Hall–Kier alpha value is -1.65. The largest absolute Gasteiger partial charge is 0.481 e. The van der Waals surface area contributed by atoms with Crippen LogP contribution >= 0.6 is 0 Å². The van der Waals surface area contributed by atoms with Crippen molar-refractivity contribution in [2.24, 2.45) is 7.05 Å². The Kier molecular flexibility index (Phi) is 11.7. The number of carboxylic acids is 1. The van der Waals surface area contributed by atoms with Crippen LogP contribution in [0.1, 0.15) is 89.0 Å². The molecular formula is C20H34N2O3. The topological polar surface area (TPSA) is 72.2 Å². The Morgan fingerprint density at radius 3 is 1.88 bits per heavy atom. The van der Waals surface area contributed by atoms with Crippen molar-refractivity contribution in [3.63, 3.8) is 0 Å². The van der Waals surface area contributed by atoms with E-state index in [1.54, 1.807) is 4.68 Å². The van der Waals surface area contributed by atoms with Crippen LogP contribution in [0.5, 0.6) is 0 Å². The first-order chi connectivity index (χ1) is 12.1. The monoisotopic (exact) mass is 350 g/mol. The first kappa shape index (κ1) is 21.4. The molecule has 142 valence electrons. The molecule has 0 unspecified atom stereocenters. The van der Waals surface area contributed by atoms with Crippen LogP contribution in [0.4, 0.5) is 0 Å². The highest BCUT2D eigenvalue weighted by Gasteiger charge is 2.04. The molecule has 0 bridgehead atoms. The van der Waals surface area contributed by atoms with E-state index in [1.807, 2.05) is 19.4 Å². The predicted molar refractivity (Wildman–Crippen MR) is 99.6 cm³/mol. The van der Waals surface area contributed by atoms with E-state index < -0.39 is 5.97 Å². The maximum atomic E-state index is 11.9. The van der Waals surface area contributed by atoms with Crippen molar-refractivity contribution >= 4 is 11.8 Å². The Labute approximate surface area is 151 Å². The van der Waals surface area contributed by atoms with E-state index in [0.29, 0.717) is 25.0 Å². The van der Waals surface area contributed by atoms with E-state index in [4.69, 9.17) is 5.11 Å². The molecule has 0 fully saturated rings. The fourth-order valence-electron chi connectivity index (χ4n) is 3.02. The van der Waals surface area contributed by atoms with Gasteiger partial charge in [-0.3, -0.25) is 14.3 Å². The van der Waals surface area contributed by atoms with Gasteiger partial charge in [0, 0.05) is 32.5 Å². The molecule has 0 spiro atoms. The van der Waals surface area contributed by atoms with Crippen molar-refractivity contribution in [1.29, 1.82) is 0 Å². The number of hydrogen-bond donors (Lipinski definition) is 1. The summed E-state index contributed by atoms with van der Waals surface area (Å²) in [5.74, 6) is -0.319. The average Bonchev–Trinajstić information content (AvgIpc) is 2.99. The van der Waals surface area contributed by atoms with Crippen molar-refractivity contribution in [3.8, 4) is 0 Å². The van der Waals surface area contributed by atoms with E-state index in [0.717, 1.165) is 44.1 Å². The summed E-state index contributed by atoms with van der Waals surface area (Å²) in [7, 11) is 1.89. The molecule has 1 heterocycles. The van der Waals surface area contributed by atoms with Gasteiger partial charge < -0.3 is 5.11 Å². The second-order valence-electron chi connectivity index (χ2n) is 6.99. The summed E-state index contributed by atoms with van der Waals surface area (Å²) < 4.78 is 1.77. The number of ketones is 1. The number of aryl methyl sites for hydroxylation is 2. The van der Waals surface area contributed by atoms with Crippen LogP contribution in [-0.4, -0.2) is 26.6 Å². The van der Waals surface area contributed by atoms with Crippen LogP contribution < -0.4 is 0 Å². The molecule has 1 rings (SSSR count). The SMILES string of the molecule is Cn1cc(CCC(=O)CCCCCCCCCCCCC(=O)O)cn1. The van der Waals surface area contributed by atoms with E-state index in [9.17, 15) is 9.59 Å². The molecule has 1 aromatic rings. The Balaban J connectivity index is 1.82. The first-order valence-electron chi connectivity index (χ1n) is 9.79. The van der Waals surface area contributed by atoms with Gasteiger partial charge in [0.1, 0.15) is 5.78 Å². The number of hydrogen-bond acceptors (Lipinski definition) is 3. The zero-order chi connectivity index (χ0) is 18.3. The van der Waals surface area contributed by atoms with Crippen molar-refractivity contribution in [3.05, 3.63) is 18.0 Å². The van der Waals surface area contributed by atoms with E-state index >= 15 is 0 Å². The molecule has 0 aliphatic heterocycles. The summed E-state index contributed by atoms with van der Waals surface area (Å²) >= 11 is 0. The number of carbonyl (C=O) groups is 2. The molecule has 5 nitrogen and oxygen atoms in total. The lowest BCUT2D eigenvalue weighted by Gasteiger charge is -2.03. The summed E-state index contributed by atoms with van der Waals surface area (Å²) in [6.07, 6.45) is 17.6. The molecule has 5 heteroatoms. The molecule has 0 aromatic carbocycles. The predicted octanol–water partition coefficient (Wildman–Crippen LogP) is 4.69. The van der Waals surface area contributed by atoms with Crippen molar-refractivity contribution in [1.82, 2.24) is 9.78 Å². The second-order valence-corrected chi connectivity index (χ2v) is 6.99. The van der Waals surface area contributed by atoms with Crippen LogP contribution in [0, 0.1) is 0 Å². The van der Waals surface area contributed by atoms with Crippen LogP contribution in [0.3, 0.4) is 0 Å². The lowest BCUT2D eigenvalue weighted by Crippen LogP contribution is -1.99. The van der Waals surface area contributed by atoms with Gasteiger partial charge in [-0.15, -0.1) is 0 Å². The minimum atomic E-state index is -0.685. The quantitative estimate of drug-likeness (QED) is 0.439. The lowest BCUT2D eigenvalue weighted by atomic mass is 10.0.